The zero-order valence-electron chi connectivity index (χ0n) is 14.9. The molecule has 0 aliphatic heterocycles. The van der Waals surface area contributed by atoms with Gasteiger partial charge in [-0.2, -0.15) is 0 Å². The molecule has 27 heavy (non-hydrogen) atoms. The van der Waals surface area contributed by atoms with E-state index in [1.807, 2.05) is 0 Å². The second kappa shape index (κ2) is 10.9. The molecule has 2 aliphatic carbocycles. The van der Waals surface area contributed by atoms with Crippen LogP contribution >= 0.6 is 24.1 Å². The number of Topliss-reactive ketones (excluding diaryl/α,β-unsaturated/α-hetero) is 4. The quantitative estimate of drug-likeness (QED) is 0.437. The molecule has 0 N–H and O–H groups in total. The first kappa shape index (κ1) is 22.0. The maximum atomic E-state index is 12.0. The lowest BCUT2D eigenvalue weighted by Crippen LogP contribution is -2.28. The summed E-state index contributed by atoms with van der Waals surface area (Å²) in [4.78, 5) is 70.9. The summed E-state index contributed by atoms with van der Waals surface area (Å²) >= 11 is 0.709. The highest BCUT2D eigenvalue weighted by atomic mass is 32.2. The monoisotopic (exact) mass is 414 g/mol. The summed E-state index contributed by atoms with van der Waals surface area (Å²) in [5, 5.41) is -1.18. The molecule has 2 fully saturated rings. The van der Waals surface area contributed by atoms with Crippen LogP contribution in [0.25, 0.3) is 0 Å². The highest BCUT2D eigenvalue weighted by Crippen LogP contribution is 2.26. The molecule has 0 radical (unpaired) electrons. The van der Waals surface area contributed by atoms with Crippen molar-refractivity contribution in [2.45, 2.75) is 64.2 Å². The van der Waals surface area contributed by atoms with Gasteiger partial charge in [0.25, 0.3) is 0 Å². The molecule has 2 unspecified atom stereocenters. The van der Waals surface area contributed by atoms with Crippen LogP contribution in [-0.2, 0) is 32.4 Å². The highest BCUT2D eigenvalue weighted by Gasteiger charge is 2.31. The third-order valence-electron chi connectivity index (χ3n) is 4.78. The summed E-state index contributed by atoms with van der Waals surface area (Å²) < 4.78 is 4.85. The molecule has 148 valence electrons. The van der Waals surface area contributed by atoms with Gasteiger partial charge in [0.2, 0.25) is 10.2 Å². The molecule has 0 heterocycles. The van der Waals surface area contributed by atoms with Crippen LogP contribution in [0.5, 0.6) is 0 Å². The number of carbonyl (C=O) groups is 6. The van der Waals surface area contributed by atoms with E-state index in [9.17, 15) is 28.8 Å². The van der Waals surface area contributed by atoms with Crippen LogP contribution < -0.4 is 0 Å². The molecule has 0 aromatic rings. The molecule has 0 bridgehead atoms. The maximum absolute atomic E-state index is 12.0. The minimum absolute atomic E-state index is 0.120. The Balaban J connectivity index is 1.66. The normalized spacial score (nSPS) is 23.1. The van der Waals surface area contributed by atoms with Gasteiger partial charge >= 0.3 is 0 Å². The fourth-order valence-electron chi connectivity index (χ4n) is 3.33. The first-order valence-corrected chi connectivity index (χ1v) is 10.5. The predicted octanol–water partition coefficient (Wildman–Crippen LogP) is 2.79. The maximum Gasteiger partial charge on any atom is 0.224 e. The van der Waals surface area contributed by atoms with E-state index in [0.717, 1.165) is 25.7 Å². The van der Waals surface area contributed by atoms with Crippen LogP contribution in [0.15, 0.2) is 0 Å². The van der Waals surface area contributed by atoms with Gasteiger partial charge in [-0.15, -0.1) is 0 Å². The Bertz CT molecular complexity index is 590. The van der Waals surface area contributed by atoms with Crippen molar-refractivity contribution >= 4 is 57.4 Å². The molecule has 0 spiro atoms. The summed E-state index contributed by atoms with van der Waals surface area (Å²) in [5.74, 6) is -2.48. The Morgan fingerprint density at radius 1 is 0.741 bits per heavy atom. The molecule has 0 aromatic carbocycles. The SMILES string of the molecule is O=C(CC(=O)C1CCCCC1=O)SOSC(=O)CC(=O)C1CCCCC1=O. The van der Waals surface area contributed by atoms with Crippen molar-refractivity contribution < 1.29 is 32.4 Å². The van der Waals surface area contributed by atoms with Gasteiger partial charge in [-0.3, -0.25) is 28.8 Å². The Morgan fingerprint density at radius 2 is 1.15 bits per heavy atom. The highest BCUT2D eigenvalue weighted by molar-refractivity contribution is 8.21. The predicted molar refractivity (Wildman–Crippen MR) is 99.5 cm³/mol. The topological polar surface area (TPSA) is 112 Å². The van der Waals surface area contributed by atoms with Crippen LogP contribution in [0, 0.1) is 11.8 Å². The van der Waals surface area contributed by atoms with E-state index in [4.69, 9.17) is 3.63 Å². The Kier molecular flexibility index (Phi) is 8.85. The number of carbonyl (C=O) groups excluding carboxylic acids is 6. The molecule has 0 amide bonds. The molecular weight excluding hydrogens is 392 g/mol. The van der Waals surface area contributed by atoms with E-state index in [-0.39, 0.29) is 11.6 Å². The van der Waals surface area contributed by atoms with Gasteiger partial charge in [-0.05, 0) is 25.7 Å². The average Bonchev–Trinajstić information content (AvgIpc) is 2.62. The molecule has 2 aliphatic rings. The second-order valence-electron chi connectivity index (χ2n) is 6.79. The van der Waals surface area contributed by atoms with Crippen molar-refractivity contribution in [3.63, 3.8) is 0 Å². The molecule has 0 saturated heterocycles. The summed E-state index contributed by atoms with van der Waals surface area (Å²) in [7, 11) is 0. The second-order valence-corrected chi connectivity index (χ2v) is 8.58. The summed E-state index contributed by atoms with van der Waals surface area (Å²) in [5.41, 5.74) is 0. The molecule has 2 rings (SSSR count). The summed E-state index contributed by atoms with van der Waals surface area (Å²) in [6.07, 6.45) is 3.99. The van der Waals surface area contributed by atoms with Crippen molar-refractivity contribution in [2.75, 3.05) is 0 Å². The van der Waals surface area contributed by atoms with Crippen LogP contribution in [0.3, 0.4) is 0 Å². The largest absolute Gasteiger partial charge is 0.299 e. The van der Waals surface area contributed by atoms with Gasteiger partial charge in [0, 0.05) is 12.8 Å². The van der Waals surface area contributed by atoms with E-state index in [2.05, 4.69) is 0 Å². The third-order valence-corrected chi connectivity index (χ3v) is 5.98. The minimum Gasteiger partial charge on any atom is -0.299 e. The fraction of sp³-hybridized carbons (Fsp3) is 0.667. The first-order chi connectivity index (χ1) is 12.9. The van der Waals surface area contributed by atoms with E-state index >= 15 is 0 Å². The number of hydrogen-bond acceptors (Lipinski definition) is 9. The standard InChI is InChI=1S/C18H22O7S2/c19-13-7-3-1-5-11(13)15(21)9-17(23)26-25-27-18(24)10-16(22)12-6-2-4-8-14(12)20/h11-12H,1-10H2. The Labute approximate surface area is 166 Å². The molecule has 2 atom stereocenters. The van der Waals surface area contributed by atoms with E-state index in [1.54, 1.807) is 0 Å². The zero-order valence-corrected chi connectivity index (χ0v) is 16.5. The van der Waals surface area contributed by atoms with Crippen molar-refractivity contribution in [1.29, 1.82) is 0 Å². The van der Waals surface area contributed by atoms with Gasteiger partial charge < -0.3 is 0 Å². The van der Waals surface area contributed by atoms with E-state index in [0.29, 0.717) is 49.8 Å². The molecule has 7 nitrogen and oxygen atoms in total. The van der Waals surface area contributed by atoms with Crippen LogP contribution in [0.4, 0.5) is 0 Å². The lowest BCUT2D eigenvalue weighted by atomic mass is 9.84. The lowest BCUT2D eigenvalue weighted by molar-refractivity contribution is -0.137. The number of hydrogen-bond donors (Lipinski definition) is 0. The van der Waals surface area contributed by atoms with Gasteiger partial charge in [0.15, 0.2) is 11.6 Å². The van der Waals surface area contributed by atoms with Crippen molar-refractivity contribution in [3.05, 3.63) is 0 Å². The smallest absolute Gasteiger partial charge is 0.224 e. The average molecular weight is 415 g/mol. The van der Waals surface area contributed by atoms with Gasteiger partial charge in [-0.1, -0.05) is 12.8 Å². The Morgan fingerprint density at radius 3 is 1.52 bits per heavy atom. The minimum atomic E-state index is -0.705. The van der Waals surface area contributed by atoms with Gasteiger partial charge in [0.1, 0.15) is 11.6 Å². The Hall–Kier alpha value is -1.32. The van der Waals surface area contributed by atoms with Crippen molar-refractivity contribution in [2.24, 2.45) is 11.8 Å². The van der Waals surface area contributed by atoms with Gasteiger partial charge in [-0.25, -0.2) is 3.63 Å². The summed E-state index contributed by atoms with van der Waals surface area (Å²) in [6.45, 7) is 0. The van der Waals surface area contributed by atoms with E-state index in [1.165, 1.54) is 0 Å². The fourth-order valence-corrected chi connectivity index (χ4v) is 4.48. The number of ketones is 4. The zero-order chi connectivity index (χ0) is 19.8. The first-order valence-electron chi connectivity index (χ1n) is 9.06. The molecule has 0 aromatic heterocycles. The van der Waals surface area contributed by atoms with Crippen LogP contribution in [0.2, 0.25) is 0 Å². The van der Waals surface area contributed by atoms with Gasteiger partial charge in [0.05, 0.1) is 48.8 Å². The van der Waals surface area contributed by atoms with Crippen molar-refractivity contribution in [1.82, 2.24) is 0 Å². The molecule has 9 heteroatoms. The van der Waals surface area contributed by atoms with E-state index < -0.39 is 46.5 Å². The molecule has 2 saturated carbocycles. The van der Waals surface area contributed by atoms with Crippen molar-refractivity contribution in [3.8, 4) is 0 Å². The number of rotatable bonds is 8. The van der Waals surface area contributed by atoms with Crippen LogP contribution in [0.1, 0.15) is 64.2 Å². The molecular formula is C18H22O7S2. The lowest BCUT2D eigenvalue weighted by Gasteiger charge is -2.18. The summed E-state index contributed by atoms with van der Waals surface area (Å²) in [6, 6.07) is 0. The van der Waals surface area contributed by atoms with Crippen LogP contribution in [-0.4, -0.2) is 33.4 Å². The third kappa shape index (κ3) is 6.97.